The van der Waals surface area contributed by atoms with Gasteiger partial charge in [0.1, 0.15) is 0 Å². The van der Waals surface area contributed by atoms with Gasteiger partial charge in [0, 0.05) is 25.2 Å². The normalized spacial score (nSPS) is 11.5. The Balaban J connectivity index is 2.98. The van der Waals surface area contributed by atoms with Crippen molar-refractivity contribution >= 4 is 11.6 Å². The summed E-state index contributed by atoms with van der Waals surface area (Å²) in [5, 5.41) is 19.3. The fraction of sp³-hybridized carbons (Fsp3) is 0.333. The van der Waals surface area contributed by atoms with Gasteiger partial charge in [0.15, 0.2) is 0 Å². The Morgan fingerprint density at radius 2 is 2.26 bits per heavy atom. The van der Waals surface area contributed by atoms with Gasteiger partial charge in [-0.05, 0) is 19.1 Å². The summed E-state index contributed by atoms with van der Waals surface area (Å²) in [6, 6.07) is 4.93. The predicted octanol–water partition coefficient (Wildman–Crippen LogP) is 1.97. The maximum atomic E-state index is 13.1. The highest BCUT2D eigenvalue weighted by molar-refractivity contribution is 5.94. The van der Waals surface area contributed by atoms with E-state index >= 15 is 0 Å². The van der Waals surface area contributed by atoms with E-state index in [4.69, 9.17) is 5.26 Å². The lowest BCUT2D eigenvalue weighted by Gasteiger charge is -2.18. The summed E-state index contributed by atoms with van der Waals surface area (Å²) in [5.41, 5.74) is -0.728. The van der Waals surface area contributed by atoms with Gasteiger partial charge in [0.05, 0.1) is 16.9 Å². The molecule has 0 saturated carbocycles. The molecule has 6 nitrogen and oxygen atoms in total. The fourth-order valence-electron chi connectivity index (χ4n) is 1.54. The number of rotatable bonds is 4. The van der Waals surface area contributed by atoms with Crippen LogP contribution in [0.25, 0.3) is 0 Å². The van der Waals surface area contributed by atoms with E-state index in [1.54, 1.807) is 6.92 Å². The van der Waals surface area contributed by atoms with E-state index in [1.807, 2.05) is 6.07 Å². The lowest BCUT2D eigenvalue weighted by molar-refractivity contribution is -0.387. The zero-order valence-corrected chi connectivity index (χ0v) is 10.5. The maximum absolute atomic E-state index is 13.1. The number of nitro benzene ring substituents is 1. The van der Waals surface area contributed by atoms with Crippen molar-refractivity contribution in [1.82, 2.24) is 4.90 Å². The Morgan fingerprint density at radius 3 is 2.79 bits per heavy atom. The zero-order valence-electron chi connectivity index (χ0n) is 10.5. The number of nitro groups is 1. The van der Waals surface area contributed by atoms with Crippen molar-refractivity contribution in [3.8, 4) is 6.07 Å². The van der Waals surface area contributed by atoms with Crippen LogP contribution in [-0.4, -0.2) is 29.3 Å². The topological polar surface area (TPSA) is 87.2 Å². The summed E-state index contributed by atoms with van der Waals surface area (Å²) in [4.78, 5) is 22.9. The minimum atomic E-state index is -0.991. The van der Waals surface area contributed by atoms with Crippen LogP contribution in [0.3, 0.4) is 0 Å². The highest BCUT2D eigenvalue weighted by atomic mass is 19.1. The highest BCUT2D eigenvalue weighted by Crippen LogP contribution is 2.19. The van der Waals surface area contributed by atoms with Crippen LogP contribution in [0.2, 0.25) is 0 Å². The Bertz CT molecular complexity index is 554. The highest BCUT2D eigenvalue weighted by Gasteiger charge is 2.20. The van der Waals surface area contributed by atoms with Crippen LogP contribution in [0, 0.1) is 33.2 Å². The molecule has 1 aromatic rings. The molecule has 0 heterocycles. The van der Waals surface area contributed by atoms with Crippen LogP contribution in [0.4, 0.5) is 10.1 Å². The average molecular weight is 265 g/mol. The van der Waals surface area contributed by atoms with Crippen molar-refractivity contribution in [2.45, 2.75) is 6.92 Å². The van der Waals surface area contributed by atoms with Crippen LogP contribution in [0.15, 0.2) is 18.2 Å². The van der Waals surface area contributed by atoms with Gasteiger partial charge in [0.2, 0.25) is 5.82 Å². The van der Waals surface area contributed by atoms with Crippen molar-refractivity contribution < 1.29 is 14.1 Å². The first-order valence-electron chi connectivity index (χ1n) is 5.45. The van der Waals surface area contributed by atoms with Gasteiger partial charge >= 0.3 is 5.69 Å². The van der Waals surface area contributed by atoms with Crippen LogP contribution in [0.1, 0.15) is 17.3 Å². The number of amides is 1. The van der Waals surface area contributed by atoms with Crippen LogP contribution in [0.5, 0.6) is 0 Å². The van der Waals surface area contributed by atoms with Crippen LogP contribution in [-0.2, 0) is 0 Å². The number of carbonyl (C=O) groups excluding carboxylic acids is 1. The number of hydrogen-bond donors (Lipinski definition) is 0. The SMILES string of the molecule is CC(C#N)CN(C)C(=O)c1ccc(F)c([N+](=O)[O-])c1. The van der Waals surface area contributed by atoms with Crippen LogP contribution < -0.4 is 0 Å². The van der Waals surface area contributed by atoms with E-state index in [2.05, 4.69) is 0 Å². The first kappa shape index (κ1) is 14.6. The van der Waals surface area contributed by atoms with Gasteiger partial charge in [-0.2, -0.15) is 9.65 Å². The molecule has 0 radical (unpaired) electrons. The third-order valence-corrected chi connectivity index (χ3v) is 2.50. The molecule has 0 aliphatic heterocycles. The van der Waals surface area contributed by atoms with Gasteiger partial charge in [-0.1, -0.05) is 0 Å². The van der Waals surface area contributed by atoms with E-state index in [9.17, 15) is 19.3 Å². The van der Waals surface area contributed by atoms with E-state index < -0.39 is 22.3 Å². The monoisotopic (exact) mass is 265 g/mol. The molecule has 0 spiro atoms. The third kappa shape index (κ3) is 3.48. The van der Waals surface area contributed by atoms with Gasteiger partial charge < -0.3 is 4.90 Å². The van der Waals surface area contributed by atoms with Gasteiger partial charge in [-0.15, -0.1) is 0 Å². The molecule has 7 heteroatoms. The standard InChI is InChI=1S/C12H12FN3O3/c1-8(6-14)7-15(2)12(17)9-3-4-10(13)11(5-9)16(18)19/h3-5,8H,7H2,1-2H3. The Kier molecular flexibility index (Phi) is 4.53. The zero-order chi connectivity index (χ0) is 14.6. The molecule has 0 N–H and O–H groups in total. The average Bonchev–Trinajstić information content (AvgIpc) is 2.37. The summed E-state index contributed by atoms with van der Waals surface area (Å²) in [6.45, 7) is 1.84. The number of nitrogens with zero attached hydrogens (tertiary/aromatic N) is 3. The number of hydrogen-bond acceptors (Lipinski definition) is 4. The smallest absolute Gasteiger partial charge is 0.305 e. The predicted molar refractivity (Wildman–Crippen MR) is 64.8 cm³/mol. The third-order valence-electron chi connectivity index (χ3n) is 2.50. The molecule has 0 aliphatic rings. The molecule has 0 aliphatic carbocycles. The second kappa shape index (κ2) is 5.91. The summed E-state index contributed by atoms with van der Waals surface area (Å²) in [7, 11) is 1.48. The summed E-state index contributed by atoms with van der Waals surface area (Å²) in [6.07, 6.45) is 0. The lowest BCUT2D eigenvalue weighted by Crippen LogP contribution is -2.30. The van der Waals surface area contributed by atoms with E-state index in [1.165, 1.54) is 18.0 Å². The largest absolute Gasteiger partial charge is 0.340 e. The fourth-order valence-corrected chi connectivity index (χ4v) is 1.54. The molecule has 0 bridgehead atoms. The summed E-state index contributed by atoms with van der Waals surface area (Å²) < 4.78 is 13.1. The molecule has 0 saturated heterocycles. The molecule has 1 amide bonds. The minimum Gasteiger partial charge on any atom is -0.340 e. The molecule has 1 atom stereocenters. The first-order valence-corrected chi connectivity index (χ1v) is 5.45. The van der Waals surface area contributed by atoms with Crippen molar-refractivity contribution in [2.24, 2.45) is 5.92 Å². The second-order valence-corrected chi connectivity index (χ2v) is 4.14. The molecular formula is C12H12FN3O3. The number of carbonyl (C=O) groups is 1. The molecule has 1 unspecified atom stereocenters. The van der Waals surface area contributed by atoms with Gasteiger partial charge in [-0.3, -0.25) is 14.9 Å². The molecule has 0 fully saturated rings. The van der Waals surface area contributed by atoms with E-state index in [0.717, 1.165) is 12.1 Å². The summed E-state index contributed by atoms with van der Waals surface area (Å²) >= 11 is 0. The lowest BCUT2D eigenvalue weighted by atomic mass is 10.1. The number of benzene rings is 1. The molecular weight excluding hydrogens is 253 g/mol. The van der Waals surface area contributed by atoms with E-state index in [0.29, 0.717) is 0 Å². The Hall–Kier alpha value is -2.49. The number of nitriles is 1. The van der Waals surface area contributed by atoms with Crippen molar-refractivity contribution in [3.05, 3.63) is 39.7 Å². The Labute approximate surface area is 109 Å². The van der Waals surface area contributed by atoms with Gasteiger partial charge in [0.25, 0.3) is 5.91 Å². The first-order chi connectivity index (χ1) is 8.86. The molecule has 19 heavy (non-hydrogen) atoms. The van der Waals surface area contributed by atoms with Crippen molar-refractivity contribution in [2.75, 3.05) is 13.6 Å². The molecule has 0 aromatic heterocycles. The van der Waals surface area contributed by atoms with Crippen molar-refractivity contribution in [3.63, 3.8) is 0 Å². The molecule has 1 rings (SSSR count). The second-order valence-electron chi connectivity index (χ2n) is 4.14. The van der Waals surface area contributed by atoms with Crippen molar-refractivity contribution in [1.29, 1.82) is 5.26 Å². The minimum absolute atomic E-state index is 0.0146. The quantitative estimate of drug-likeness (QED) is 0.615. The maximum Gasteiger partial charge on any atom is 0.305 e. The number of halogens is 1. The molecule has 100 valence electrons. The van der Waals surface area contributed by atoms with E-state index in [-0.39, 0.29) is 18.0 Å². The van der Waals surface area contributed by atoms with Crippen LogP contribution >= 0.6 is 0 Å². The Morgan fingerprint density at radius 1 is 1.63 bits per heavy atom. The molecule has 1 aromatic carbocycles. The van der Waals surface area contributed by atoms with Gasteiger partial charge in [-0.25, -0.2) is 0 Å². The summed E-state index contributed by atoms with van der Waals surface area (Å²) in [5.74, 6) is -1.84.